The minimum Gasteiger partial charge on any atom is -0.495 e. The number of nitrogens with one attached hydrogen (secondary N) is 1. The summed E-state index contributed by atoms with van der Waals surface area (Å²) in [6.45, 7) is 3.65. The van der Waals surface area contributed by atoms with Crippen molar-refractivity contribution in [2.45, 2.75) is 19.9 Å². The number of ether oxygens (including phenoxy) is 1. The highest BCUT2D eigenvalue weighted by atomic mass is 19.1. The summed E-state index contributed by atoms with van der Waals surface area (Å²) in [7, 11) is 1.61. The molecule has 0 unspecified atom stereocenters. The second kappa shape index (κ2) is 7.01. The highest BCUT2D eigenvalue weighted by Crippen LogP contribution is 2.26. The van der Waals surface area contributed by atoms with Crippen molar-refractivity contribution in [1.82, 2.24) is 10.3 Å². The van der Waals surface area contributed by atoms with Crippen molar-refractivity contribution in [3.63, 3.8) is 0 Å². The number of methoxy groups -OCH3 is 1. The number of nitrogens with zero attached hydrogens (tertiary/aromatic N) is 1. The zero-order valence-corrected chi connectivity index (χ0v) is 11.8. The van der Waals surface area contributed by atoms with Crippen molar-refractivity contribution >= 4 is 0 Å². The van der Waals surface area contributed by atoms with Gasteiger partial charge in [0.05, 0.1) is 13.3 Å². The minimum absolute atomic E-state index is 0.224. The topological polar surface area (TPSA) is 34.2 Å². The fourth-order valence-corrected chi connectivity index (χ4v) is 2.07. The van der Waals surface area contributed by atoms with E-state index in [-0.39, 0.29) is 5.82 Å². The van der Waals surface area contributed by atoms with Crippen LogP contribution in [0, 0.1) is 5.82 Å². The molecule has 0 bridgehead atoms. The predicted octanol–water partition coefficient (Wildman–Crippen LogP) is 3.40. The van der Waals surface area contributed by atoms with Crippen LogP contribution in [0.25, 0.3) is 11.1 Å². The Bertz CT molecular complexity index is 572. The number of hydrogen-bond acceptors (Lipinski definition) is 3. The maximum absolute atomic E-state index is 13.4. The van der Waals surface area contributed by atoms with E-state index < -0.39 is 0 Å². The Hall–Kier alpha value is -1.94. The SMILES string of the molecule is CCCNCc1cc(F)ccc1-c1cncc(OC)c1. The first-order chi connectivity index (χ1) is 9.74. The summed E-state index contributed by atoms with van der Waals surface area (Å²) in [6.07, 6.45) is 4.46. The lowest BCUT2D eigenvalue weighted by molar-refractivity contribution is 0.413. The number of benzene rings is 1. The molecule has 0 aliphatic heterocycles. The molecular formula is C16H19FN2O. The standard InChI is InChI=1S/C16H19FN2O/c1-3-6-18-9-12-7-14(17)4-5-16(12)13-8-15(20-2)11-19-10-13/h4-5,7-8,10-11,18H,3,6,9H2,1-2H3. The lowest BCUT2D eigenvalue weighted by Gasteiger charge is -2.11. The van der Waals surface area contributed by atoms with Gasteiger partial charge in [-0.15, -0.1) is 0 Å². The molecule has 0 atom stereocenters. The van der Waals surface area contributed by atoms with E-state index in [4.69, 9.17) is 4.74 Å². The van der Waals surface area contributed by atoms with Gasteiger partial charge in [-0.25, -0.2) is 4.39 Å². The Balaban J connectivity index is 2.33. The van der Waals surface area contributed by atoms with E-state index in [0.717, 1.165) is 29.7 Å². The van der Waals surface area contributed by atoms with Crippen LogP contribution >= 0.6 is 0 Å². The molecule has 0 spiro atoms. The third kappa shape index (κ3) is 3.54. The van der Waals surface area contributed by atoms with Gasteiger partial charge in [0, 0.05) is 18.3 Å². The summed E-state index contributed by atoms with van der Waals surface area (Å²) in [4.78, 5) is 4.15. The lowest BCUT2D eigenvalue weighted by Crippen LogP contribution is -2.14. The van der Waals surface area contributed by atoms with Crippen LogP contribution in [0.2, 0.25) is 0 Å². The fourth-order valence-electron chi connectivity index (χ4n) is 2.07. The number of pyridine rings is 1. The number of halogens is 1. The summed E-state index contributed by atoms with van der Waals surface area (Å²) >= 11 is 0. The van der Waals surface area contributed by atoms with E-state index in [1.807, 2.05) is 6.07 Å². The maximum Gasteiger partial charge on any atom is 0.137 e. The molecule has 0 aliphatic rings. The van der Waals surface area contributed by atoms with E-state index in [2.05, 4.69) is 17.2 Å². The molecule has 0 aliphatic carbocycles. The Kier molecular flexibility index (Phi) is 5.07. The van der Waals surface area contributed by atoms with Crippen LogP contribution in [0.15, 0.2) is 36.7 Å². The predicted molar refractivity (Wildman–Crippen MR) is 78.2 cm³/mol. The highest BCUT2D eigenvalue weighted by molar-refractivity contribution is 5.67. The molecule has 3 nitrogen and oxygen atoms in total. The zero-order chi connectivity index (χ0) is 14.4. The average Bonchev–Trinajstić information content (AvgIpc) is 2.48. The number of rotatable bonds is 6. The van der Waals surface area contributed by atoms with E-state index in [1.165, 1.54) is 6.07 Å². The van der Waals surface area contributed by atoms with Gasteiger partial charge < -0.3 is 10.1 Å². The number of aromatic nitrogens is 1. The van der Waals surface area contributed by atoms with Crippen LogP contribution in [-0.4, -0.2) is 18.6 Å². The van der Waals surface area contributed by atoms with Crippen LogP contribution < -0.4 is 10.1 Å². The summed E-state index contributed by atoms with van der Waals surface area (Å²) < 4.78 is 18.6. The Morgan fingerprint density at radius 3 is 2.85 bits per heavy atom. The first-order valence-electron chi connectivity index (χ1n) is 6.73. The van der Waals surface area contributed by atoms with Gasteiger partial charge in [-0.3, -0.25) is 4.98 Å². The van der Waals surface area contributed by atoms with E-state index in [1.54, 1.807) is 31.6 Å². The molecule has 0 amide bonds. The molecule has 1 aromatic heterocycles. The van der Waals surface area contributed by atoms with Gasteiger partial charge in [0.25, 0.3) is 0 Å². The van der Waals surface area contributed by atoms with Crippen LogP contribution in [0.3, 0.4) is 0 Å². The van der Waals surface area contributed by atoms with Crippen molar-refractivity contribution in [3.8, 4) is 16.9 Å². The van der Waals surface area contributed by atoms with Crippen molar-refractivity contribution in [2.75, 3.05) is 13.7 Å². The third-order valence-electron chi connectivity index (χ3n) is 3.07. The minimum atomic E-state index is -0.224. The summed E-state index contributed by atoms with van der Waals surface area (Å²) in [6, 6.07) is 6.73. The van der Waals surface area contributed by atoms with Gasteiger partial charge >= 0.3 is 0 Å². The fraction of sp³-hybridized carbons (Fsp3) is 0.312. The quantitative estimate of drug-likeness (QED) is 0.820. The molecule has 2 aromatic rings. The van der Waals surface area contributed by atoms with Crippen LogP contribution in [0.4, 0.5) is 4.39 Å². The maximum atomic E-state index is 13.4. The second-order valence-electron chi connectivity index (χ2n) is 4.59. The molecule has 0 saturated carbocycles. The van der Waals surface area contributed by atoms with Crippen LogP contribution in [0.5, 0.6) is 5.75 Å². The van der Waals surface area contributed by atoms with Gasteiger partial charge in [-0.2, -0.15) is 0 Å². The molecule has 4 heteroatoms. The summed E-state index contributed by atoms with van der Waals surface area (Å²) in [5, 5.41) is 3.30. The molecule has 1 N–H and O–H groups in total. The van der Waals surface area contributed by atoms with Gasteiger partial charge in [0.2, 0.25) is 0 Å². The Morgan fingerprint density at radius 1 is 1.25 bits per heavy atom. The van der Waals surface area contributed by atoms with Crippen molar-refractivity contribution in [1.29, 1.82) is 0 Å². The lowest BCUT2D eigenvalue weighted by atomic mass is 10.0. The van der Waals surface area contributed by atoms with Gasteiger partial charge in [0.1, 0.15) is 11.6 Å². The van der Waals surface area contributed by atoms with Crippen molar-refractivity contribution in [2.24, 2.45) is 0 Å². The third-order valence-corrected chi connectivity index (χ3v) is 3.07. The average molecular weight is 274 g/mol. The number of hydrogen-bond donors (Lipinski definition) is 1. The molecule has 1 aromatic carbocycles. The normalized spacial score (nSPS) is 10.6. The Morgan fingerprint density at radius 2 is 2.10 bits per heavy atom. The molecule has 2 rings (SSSR count). The molecule has 0 fully saturated rings. The van der Waals surface area contributed by atoms with Crippen LogP contribution in [0.1, 0.15) is 18.9 Å². The van der Waals surface area contributed by atoms with Crippen LogP contribution in [-0.2, 0) is 6.54 Å². The van der Waals surface area contributed by atoms with E-state index in [9.17, 15) is 4.39 Å². The van der Waals surface area contributed by atoms with Gasteiger partial charge in [-0.1, -0.05) is 13.0 Å². The Labute approximate surface area is 118 Å². The zero-order valence-electron chi connectivity index (χ0n) is 11.8. The molecule has 1 heterocycles. The van der Waals surface area contributed by atoms with E-state index in [0.29, 0.717) is 12.3 Å². The van der Waals surface area contributed by atoms with E-state index >= 15 is 0 Å². The second-order valence-corrected chi connectivity index (χ2v) is 4.59. The molecule has 20 heavy (non-hydrogen) atoms. The smallest absolute Gasteiger partial charge is 0.137 e. The summed E-state index contributed by atoms with van der Waals surface area (Å²) in [5.74, 6) is 0.470. The van der Waals surface area contributed by atoms with Gasteiger partial charge in [-0.05, 0) is 42.3 Å². The first kappa shape index (κ1) is 14.5. The molecular weight excluding hydrogens is 255 g/mol. The first-order valence-corrected chi connectivity index (χ1v) is 6.73. The largest absolute Gasteiger partial charge is 0.495 e. The highest BCUT2D eigenvalue weighted by Gasteiger charge is 2.08. The summed E-state index contributed by atoms with van der Waals surface area (Å²) in [5.41, 5.74) is 2.83. The molecule has 0 radical (unpaired) electrons. The van der Waals surface area contributed by atoms with Gasteiger partial charge in [0.15, 0.2) is 0 Å². The monoisotopic (exact) mass is 274 g/mol. The van der Waals surface area contributed by atoms with Crippen molar-refractivity contribution in [3.05, 3.63) is 48.0 Å². The molecule has 106 valence electrons. The molecule has 0 saturated heterocycles. The van der Waals surface area contributed by atoms with Crippen molar-refractivity contribution < 1.29 is 9.13 Å².